The smallest absolute Gasteiger partial charge is 0.329 e. The molecular weight excluding hydrogens is 352 g/mol. The van der Waals surface area contributed by atoms with Gasteiger partial charge in [-0.1, -0.05) is 0 Å². The highest BCUT2D eigenvalue weighted by molar-refractivity contribution is 6.02. The zero-order chi connectivity index (χ0) is 20.2. The van der Waals surface area contributed by atoms with Gasteiger partial charge in [0.1, 0.15) is 18.4 Å². The highest BCUT2D eigenvalue weighted by Crippen LogP contribution is 2.29. The van der Waals surface area contributed by atoms with E-state index in [-0.39, 0.29) is 17.8 Å². The Morgan fingerprint density at radius 3 is 2.26 bits per heavy atom. The minimum atomic E-state index is -0.534. The molecule has 1 aliphatic heterocycles. The highest BCUT2D eigenvalue weighted by Gasteiger charge is 2.38. The van der Waals surface area contributed by atoms with E-state index in [2.05, 4.69) is 4.74 Å². The summed E-state index contributed by atoms with van der Waals surface area (Å²) in [6.45, 7) is 6.59. The lowest BCUT2D eigenvalue weighted by Gasteiger charge is -2.23. The third kappa shape index (κ3) is 7.26. The van der Waals surface area contributed by atoms with Crippen molar-refractivity contribution in [3.8, 4) is 5.75 Å². The Morgan fingerprint density at radius 2 is 1.78 bits per heavy atom. The Hall–Kier alpha value is -2.61. The van der Waals surface area contributed by atoms with Gasteiger partial charge in [-0.25, -0.2) is 4.79 Å². The van der Waals surface area contributed by atoms with Crippen LogP contribution in [0.3, 0.4) is 0 Å². The summed E-state index contributed by atoms with van der Waals surface area (Å²) in [5, 5.41) is 0. The third-order valence-corrected chi connectivity index (χ3v) is 3.62. The standard InChI is InChI=1S/C15H20N2O4.C4H8O2/c1-2-20-15(19)13-7-8-14(18)17(13)11-3-5-12(6-4-11)21-10-9-16;1-3-6-4(2)5/h3-6,13H,2,7-10,16H2,1H3;3H2,1-2H3. The van der Waals surface area contributed by atoms with Crippen molar-refractivity contribution < 1.29 is 28.6 Å². The summed E-state index contributed by atoms with van der Waals surface area (Å²) in [6.07, 6.45) is 0.845. The van der Waals surface area contributed by atoms with Crippen LogP contribution in [0.2, 0.25) is 0 Å². The number of nitrogens with two attached hydrogens (primary N) is 1. The van der Waals surface area contributed by atoms with Crippen molar-refractivity contribution in [2.45, 2.75) is 39.7 Å². The zero-order valence-electron chi connectivity index (χ0n) is 16.1. The lowest BCUT2D eigenvalue weighted by Crippen LogP contribution is -2.39. The fraction of sp³-hybridized carbons (Fsp3) is 0.526. The lowest BCUT2D eigenvalue weighted by molar-refractivity contribution is -0.145. The molecule has 8 heteroatoms. The number of rotatable bonds is 7. The average molecular weight is 380 g/mol. The van der Waals surface area contributed by atoms with Crippen LogP contribution >= 0.6 is 0 Å². The Labute approximate surface area is 159 Å². The molecule has 8 nitrogen and oxygen atoms in total. The van der Waals surface area contributed by atoms with Crippen LogP contribution in [0.25, 0.3) is 0 Å². The third-order valence-electron chi connectivity index (χ3n) is 3.62. The van der Waals surface area contributed by atoms with Crippen molar-refractivity contribution in [2.75, 3.05) is 31.3 Å². The molecule has 1 heterocycles. The summed E-state index contributed by atoms with van der Waals surface area (Å²) < 4.78 is 14.8. The van der Waals surface area contributed by atoms with E-state index in [1.54, 1.807) is 38.1 Å². The molecule has 1 aromatic carbocycles. The van der Waals surface area contributed by atoms with Crippen LogP contribution in [0.15, 0.2) is 24.3 Å². The molecule has 0 saturated carbocycles. The summed E-state index contributed by atoms with van der Waals surface area (Å²) in [6, 6.07) is 6.52. The molecule has 0 radical (unpaired) electrons. The number of anilines is 1. The average Bonchev–Trinajstić information content (AvgIpc) is 3.03. The second-order valence-electron chi connectivity index (χ2n) is 5.63. The molecule has 0 aromatic heterocycles. The van der Waals surface area contributed by atoms with Crippen LogP contribution in [0, 0.1) is 0 Å². The molecular formula is C19H28N2O6. The van der Waals surface area contributed by atoms with Crippen molar-refractivity contribution in [1.82, 2.24) is 0 Å². The van der Waals surface area contributed by atoms with Gasteiger partial charge in [-0.2, -0.15) is 0 Å². The fourth-order valence-electron chi connectivity index (χ4n) is 2.55. The monoisotopic (exact) mass is 380 g/mol. The van der Waals surface area contributed by atoms with Crippen LogP contribution < -0.4 is 15.4 Å². The van der Waals surface area contributed by atoms with Crippen molar-refractivity contribution in [2.24, 2.45) is 5.73 Å². The van der Waals surface area contributed by atoms with Crippen LogP contribution in [-0.4, -0.2) is 50.3 Å². The van der Waals surface area contributed by atoms with Gasteiger partial charge < -0.3 is 19.9 Å². The van der Waals surface area contributed by atoms with Crippen molar-refractivity contribution in [3.63, 3.8) is 0 Å². The van der Waals surface area contributed by atoms with Gasteiger partial charge in [-0.05, 0) is 44.5 Å². The quantitative estimate of drug-likeness (QED) is 0.717. The molecule has 1 unspecified atom stereocenters. The molecule has 1 amide bonds. The maximum absolute atomic E-state index is 12.0. The lowest BCUT2D eigenvalue weighted by atomic mass is 10.2. The van der Waals surface area contributed by atoms with Crippen LogP contribution in [0.5, 0.6) is 5.75 Å². The minimum Gasteiger partial charge on any atom is -0.492 e. The number of amides is 1. The van der Waals surface area contributed by atoms with Gasteiger partial charge in [0.05, 0.1) is 13.2 Å². The number of hydrogen-bond acceptors (Lipinski definition) is 7. The van der Waals surface area contributed by atoms with Crippen LogP contribution in [-0.2, 0) is 23.9 Å². The van der Waals surface area contributed by atoms with E-state index in [1.807, 2.05) is 0 Å². The summed E-state index contributed by atoms with van der Waals surface area (Å²) in [5.41, 5.74) is 6.05. The summed E-state index contributed by atoms with van der Waals surface area (Å²) >= 11 is 0. The van der Waals surface area contributed by atoms with E-state index in [0.717, 1.165) is 0 Å². The number of carbonyl (C=O) groups excluding carboxylic acids is 3. The second kappa shape index (κ2) is 11.9. The second-order valence-corrected chi connectivity index (χ2v) is 5.63. The van der Waals surface area contributed by atoms with Gasteiger partial charge in [0.25, 0.3) is 0 Å². The fourth-order valence-corrected chi connectivity index (χ4v) is 2.55. The zero-order valence-corrected chi connectivity index (χ0v) is 16.1. The van der Waals surface area contributed by atoms with Gasteiger partial charge in [-0.15, -0.1) is 0 Å². The summed E-state index contributed by atoms with van der Waals surface area (Å²) in [5.74, 6) is 0.0523. The molecule has 150 valence electrons. The molecule has 1 aliphatic rings. The Kier molecular flexibility index (Phi) is 9.89. The van der Waals surface area contributed by atoms with E-state index in [0.29, 0.717) is 50.6 Å². The molecule has 1 saturated heterocycles. The highest BCUT2D eigenvalue weighted by atomic mass is 16.5. The first kappa shape index (κ1) is 22.4. The van der Waals surface area contributed by atoms with E-state index < -0.39 is 6.04 Å². The van der Waals surface area contributed by atoms with Crippen molar-refractivity contribution in [3.05, 3.63) is 24.3 Å². The number of nitrogens with zero attached hydrogens (tertiary/aromatic N) is 1. The van der Waals surface area contributed by atoms with E-state index >= 15 is 0 Å². The molecule has 2 N–H and O–H groups in total. The molecule has 0 bridgehead atoms. The Bertz CT molecular complexity index is 617. The molecule has 1 atom stereocenters. The van der Waals surface area contributed by atoms with Gasteiger partial charge >= 0.3 is 11.9 Å². The molecule has 2 rings (SSSR count). The van der Waals surface area contributed by atoms with Crippen molar-refractivity contribution >= 4 is 23.5 Å². The Balaban J connectivity index is 0.000000527. The van der Waals surface area contributed by atoms with Gasteiger partial charge in [-0.3, -0.25) is 14.5 Å². The number of esters is 2. The van der Waals surface area contributed by atoms with E-state index in [9.17, 15) is 14.4 Å². The van der Waals surface area contributed by atoms with Crippen LogP contribution in [0.1, 0.15) is 33.6 Å². The van der Waals surface area contributed by atoms with E-state index in [4.69, 9.17) is 15.2 Å². The minimum absolute atomic E-state index is 0.0660. The van der Waals surface area contributed by atoms with Gasteiger partial charge in [0.15, 0.2) is 0 Å². The predicted molar refractivity (Wildman–Crippen MR) is 100 cm³/mol. The summed E-state index contributed by atoms with van der Waals surface area (Å²) in [7, 11) is 0. The molecule has 27 heavy (non-hydrogen) atoms. The topological polar surface area (TPSA) is 108 Å². The first-order chi connectivity index (χ1) is 12.9. The first-order valence-corrected chi connectivity index (χ1v) is 8.99. The maximum Gasteiger partial charge on any atom is 0.329 e. The molecule has 0 spiro atoms. The maximum atomic E-state index is 12.0. The van der Waals surface area contributed by atoms with E-state index in [1.165, 1.54) is 11.8 Å². The normalized spacial score (nSPS) is 15.6. The molecule has 0 aliphatic carbocycles. The molecule has 1 fully saturated rings. The number of ether oxygens (including phenoxy) is 3. The molecule has 1 aromatic rings. The number of hydrogen-bond donors (Lipinski definition) is 1. The van der Waals surface area contributed by atoms with Gasteiger partial charge in [0.2, 0.25) is 5.91 Å². The predicted octanol–water partition coefficient (Wildman–Crippen LogP) is 1.65. The van der Waals surface area contributed by atoms with Gasteiger partial charge in [0, 0.05) is 25.6 Å². The first-order valence-electron chi connectivity index (χ1n) is 8.99. The van der Waals surface area contributed by atoms with Crippen molar-refractivity contribution in [1.29, 1.82) is 0 Å². The SMILES string of the molecule is CCOC(=O)C1CCC(=O)N1c1ccc(OCCN)cc1.CCOC(C)=O. The summed E-state index contributed by atoms with van der Waals surface area (Å²) in [4.78, 5) is 35.3. The largest absolute Gasteiger partial charge is 0.492 e. The number of carbonyl (C=O) groups is 3. The van der Waals surface area contributed by atoms with Crippen LogP contribution in [0.4, 0.5) is 5.69 Å². The number of benzene rings is 1. The Morgan fingerprint density at radius 1 is 1.15 bits per heavy atom.